The lowest BCUT2D eigenvalue weighted by atomic mass is 10.2. The lowest BCUT2D eigenvalue weighted by Crippen LogP contribution is -2.22. The maximum absolute atomic E-state index is 12.5. The minimum atomic E-state index is -0.591. The highest BCUT2D eigenvalue weighted by atomic mass is 35.5. The average molecular weight is 390 g/mol. The Bertz CT molecular complexity index is 1040. The number of rotatable bonds is 6. The second-order valence-corrected chi connectivity index (χ2v) is 6.69. The molecule has 2 aromatic heterocycles. The van der Waals surface area contributed by atoms with Gasteiger partial charge in [-0.2, -0.15) is 4.98 Å². The highest BCUT2D eigenvalue weighted by Gasteiger charge is 2.23. The zero-order valence-corrected chi connectivity index (χ0v) is 16.1. The van der Waals surface area contributed by atoms with Crippen LogP contribution in [0.15, 0.2) is 33.5 Å². The van der Waals surface area contributed by atoms with Crippen LogP contribution in [0.25, 0.3) is 11.1 Å². The molecule has 3 aromatic rings. The van der Waals surface area contributed by atoms with Crippen molar-refractivity contribution >= 4 is 28.7 Å². The Morgan fingerprint density at radius 3 is 2.85 bits per heavy atom. The van der Waals surface area contributed by atoms with E-state index in [1.807, 2.05) is 36.2 Å². The van der Waals surface area contributed by atoms with Gasteiger partial charge in [-0.3, -0.25) is 9.69 Å². The van der Waals surface area contributed by atoms with Gasteiger partial charge in [0.2, 0.25) is 5.71 Å². The molecular weight excluding hydrogens is 370 g/mol. The molecule has 0 fully saturated rings. The minimum Gasteiger partial charge on any atom is -0.462 e. The molecule has 0 aliphatic heterocycles. The molecule has 0 saturated carbocycles. The Hall–Kier alpha value is -2.64. The van der Waals surface area contributed by atoms with Crippen molar-refractivity contribution in [3.8, 4) is 0 Å². The van der Waals surface area contributed by atoms with E-state index in [9.17, 15) is 9.59 Å². The number of fused-ring (bicyclic) bond motifs is 1. The van der Waals surface area contributed by atoms with E-state index >= 15 is 0 Å². The van der Waals surface area contributed by atoms with Crippen LogP contribution in [-0.2, 0) is 17.8 Å². The molecule has 0 aliphatic rings. The molecule has 0 radical (unpaired) electrons. The maximum atomic E-state index is 12.5. The molecule has 0 amide bonds. The maximum Gasteiger partial charge on any atom is 0.342 e. The lowest BCUT2D eigenvalue weighted by molar-refractivity contribution is 0.0526. The molecule has 0 unspecified atom stereocenters. The van der Waals surface area contributed by atoms with Crippen molar-refractivity contribution in [2.75, 3.05) is 13.7 Å². The van der Waals surface area contributed by atoms with Gasteiger partial charge in [0.25, 0.3) is 5.56 Å². The molecule has 142 valence electrons. The predicted molar refractivity (Wildman–Crippen MR) is 102 cm³/mol. The van der Waals surface area contributed by atoms with Crippen LogP contribution < -0.4 is 5.56 Å². The number of H-pyrrole nitrogens is 1. The number of aromatic nitrogens is 2. The van der Waals surface area contributed by atoms with Crippen molar-refractivity contribution in [3.05, 3.63) is 62.4 Å². The molecule has 0 aliphatic carbocycles. The normalized spacial score (nSPS) is 11.3. The third-order valence-electron chi connectivity index (χ3n) is 4.03. The van der Waals surface area contributed by atoms with Gasteiger partial charge < -0.3 is 14.1 Å². The van der Waals surface area contributed by atoms with Gasteiger partial charge >= 0.3 is 5.97 Å². The van der Waals surface area contributed by atoms with Crippen molar-refractivity contribution in [2.24, 2.45) is 0 Å². The molecule has 8 heteroatoms. The third-order valence-corrected chi connectivity index (χ3v) is 4.26. The van der Waals surface area contributed by atoms with Crippen LogP contribution in [0.3, 0.4) is 0 Å². The summed E-state index contributed by atoms with van der Waals surface area (Å²) < 4.78 is 10.5. The van der Waals surface area contributed by atoms with E-state index in [1.165, 1.54) is 0 Å². The molecule has 2 heterocycles. The summed E-state index contributed by atoms with van der Waals surface area (Å²) >= 11 is 6.01. The molecule has 0 saturated heterocycles. The topological polar surface area (TPSA) is 88.4 Å². The Balaban J connectivity index is 1.86. The van der Waals surface area contributed by atoms with Gasteiger partial charge in [0.05, 0.1) is 13.2 Å². The highest BCUT2D eigenvalue weighted by Crippen LogP contribution is 2.22. The van der Waals surface area contributed by atoms with Crippen molar-refractivity contribution < 1.29 is 13.9 Å². The van der Waals surface area contributed by atoms with Gasteiger partial charge in [0.15, 0.2) is 0 Å². The summed E-state index contributed by atoms with van der Waals surface area (Å²) in [5.74, 6) is 0.166. The number of furan rings is 1. The number of nitrogens with one attached hydrogen (secondary N) is 1. The standard InChI is InChI=1S/C19H20ClN3O4/c1-4-26-19(25)15-11(2)27-18-16(15)17(24)21-14(22-18)10-23(3)9-12-6-5-7-13(20)8-12/h5-8H,4,9-10H2,1-3H3,(H,21,22,24). The van der Waals surface area contributed by atoms with E-state index < -0.39 is 11.5 Å². The quantitative estimate of drug-likeness (QED) is 0.651. The zero-order valence-electron chi connectivity index (χ0n) is 15.3. The number of carbonyl (C=O) groups excluding carboxylic acids is 1. The molecule has 1 aromatic carbocycles. The van der Waals surface area contributed by atoms with Gasteiger partial charge in [-0.15, -0.1) is 0 Å². The molecule has 1 N–H and O–H groups in total. The van der Waals surface area contributed by atoms with Crippen molar-refractivity contribution in [1.29, 1.82) is 0 Å². The fourth-order valence-corrected chi connectivity index (χ4v) is 3.16. The van der Waals surface area contributed by atoms with Crippen LogP contribution in [-0.4, -0.2) is 34.5 Å². The number of esters is 1. The van der Waals surface area contributed by atoms with Crippen LogP contribution in [0.1, 0.15) is 34.4 Å². The largest absolute Gasteiger partial charge is 0.462 e. The first-order chi connectivity index (χ1) is 12.9. The molecule has 0 spiro atoms. The number of hydrogen-bond acceptors (Lipinski definition) is 6. The van der Waals surface area contributed by atoms with Gasteiger partial charge in [0, 0.05) is 11.6 Å². The molecule has 27 heavy (non-hydrogen) atoms. The summed E-state index contributed by atoms with van der Waals surface area (Å²) in [7, 11) is 1.91. The summed E-state index contributed by atoms with van der Waals surface area (Å²) in [5, 5.41) is 0.790. The first-order valence-electron chi connectivity index (χ1n) is 8.51. The van der Waals surface area contributed by atoms with Crippen molar-refractivity contribution in [3.63, 3.8) is 0 Å². The van der Waals surface area contributed by atoms with Crippen LogP contribution >= 0.6 is 11.6 Å². The Labute approximate surface area is 160 Å². The van der Waals surface area contributed by atoms with Crippen LogP contribution in [0.4, 0.5) is 0 Å². The van der Waals surface area contributed by atoms with Crippen LogP contribution in [0.5, 0.6) is 0 Å². The number of aryl methyl sites for hydroxylation is 1. The Morgan fingerprint density at radius 1 is 1.37 bits per heavy atom. The third kappa shape index (κ3) is 4.20. The number of benzene rings is 1. The van der Waals surface area contributed by atoms with Gasteiger partial charge in [-0.1, -0.05) is 23.7 Å². The average Bonchev–Trinajstić information content (AvgIpc) is 2.91. The van der Waals surface area contributed by atoms with Gasteiger partial charge in [-0.25, -0.2) is 4.79 Å². The van der Waals surface area contributed by atoms with Gasteiger partial charge in [0.1, 0.15) is 22.5 Å². The van der Waals surface area contributed by atoms with E-state index in [0.717, 1.165) is 5.56 Å². The number of carbonyl (C=O) groups is 1. The van der Waals surface area contributed by atoms with E-state index in [0.29, 0.717) is 29.7 Å². The summed E-state index contributed by atoms with van der Waals surface area (Å²) in [6, 6.07) is 7.57. The number of hydrogen-bond donors (Lipinski definition) is 1. The number of halogens is 1. The van der Waals surface area contributed by atoms with Crippen LogP contribution in [0.2, 0.25) is 5.02 Å². The van der Waals surface area contributed by atoms with Crippen molar-refractivity contribution in [1.82, 2.24) is 14.9 Å². The molecule has 0 atom stereocenters. The second-order valence-electron chi connectivity index (χ2n) is 6.25. The molecule has 0 bridgehead atoms. The summed E-state index contributed by atoms with van der Waals surface area (Å²) in [5.41, 5.74) is 0.878. The van der Waals surface area contributed by atoms with E-state index in [1.54, 1.807) is 13.8 Å². The SMILES string of the molecule is CCOC(=O)c1c(C)oc2nc(CN(C)Cc3cccc(Cl)c3)[nH]c(=O)c12. The highest BCUT2D eigenvalue weighted by molar-refractivity contribution is 6.30. The second kappa shape index (κ2) is 7.94. The van der Waals surface area contributed by atoms with E-state index in [4.69, 9.17) is 20.8 Å². The minimum absolute atomic E-state index is 0.118. The summed E-state index contributed by atoms with van der Waals surface area (Å²) in [6.45, 7) is 4.55. The number of nitrogens with zero attached hydrogens (tertiary/aromatic N) is 2. The Kier molecular flexibility index (Phi) is 5.62. The summed E-state index contributed by atoms with van der Waals surface area (Å²) in [4.78, 5) is 33.7. The number of ether oxygens (including phenoxy) is 1. The lowest BCUT2D eigenvalue weighted by Gasteiger charge is -2.16. The molecule has 3 rings (SSSR count). The first kappa shape index (κ1) is 19.1. The van der Waals surface area contributed by atoms with Crippen LogP contribution in [0, 0.1) is 6.92 Å². The van der Waals surface area contributed by atoms with Crippen molar-refractivity contribution in [2.45, 2.75) is 26.9 Å². The van der Waals surface area contributed by atoms with Gasteiger partial charge in [-0.05, 0) is 38.6 Å². The fraction of sp³-hybridized carbons (Fsp3) is 0.316. The van der Waals surface area contributed by atoms with E-state index in [2.05, 4.69) is 9.97 Å². The molecular formula is C19H20ClN3O4. The molecule has 7 nitrogen and oxygen atoms in total. The fourth-order valence-electron chi connectivity index (χ4n) is 2.95. The number of aromatic amines is 1. The zero-order chi connectivity index (χ0) is 19.6. The summed E-state index contributed by atoms with van der Waals surface area (Å²) in [6.07, 6.45) is 0. The van der Waals surface area contributed by atoms with E-state index in [-0.39, 0.29) is 23.3 Å². The first-order valence-corrected chi connectivity index (χ1v) is 8.89. The Morgan fingerprint density at radius 2 is 2.15 bits per heavy atom. The smallest absolute Gasteiger partial charge is 0.342 e. The predicted octanol–water partition coefficient (Wildman–Crippen LogP) is 3.29. The monoisotopic (exact) mass is 389 g/mol.